The zero-order valence-corrected chi connectivity index (χ0v) is 18.8. The van der Waals surface area contributed by atoms with Gasteiger partial charge >= 0.3 is 0 Å². The maximum absolute atomic E-state index is 8.77. The van der Waals surface area contributed by atoms with Gasteiger partial charge in [-0.05, 0) is 49.8 Å². The van der Waals surface area contributed by atoms with Gasteiger partial charge in [-0.25, -0.2) is 0 Å². The fraction of sp³-hybridized carbons (Fsp3) is 0.682. The zero-order chi connectivity index (χ0) is 20.0. The lowest BCUT2D eigenvalue weighted by molar-refractivity contribution is -0.00460. The van der Waals surface area contributed by atoms with Gasteiger partial charge in [0.2, 0.25) is 0 Å². The Morgan fingerprint density at radius 1 is 0.889 bits per heavy atom. The van der Waals surface area contributed by atoms with Crippen LogP contribution in [0.4, 0.5) is 0 Å². The SMILES string of the molecule is CO[Si](C)(C)CCCCCCCCCCCOc1ccc(C(C)=[N+]=[N-])cc1. The number of unbranched alkanes of at least 4 members (excludes halogenated alkanes) is 8. The first-order chi connectivity index (χ1) is 13.0. The number of hydrogen-bond acceptors (Lipinski definition) is 2. The summed E-state index contributed by atoms with van der Waals surface area (Å²) in [5.41, 5.74) is 10.3. The minimum Gasteiger partial charge on any atom is -0.494 e. The monoisotopic (exact) mass is 390 g/mol. The van der Waals surface area contributed by atoms with Crippen LogP contribution in [0, 0.1) is 0 Å². The summed E-state index contributed by atoms with van der Waals surface area (Å²) in [6.07, 6.45) is 11.8. The van der Waals surface area contributed by atoms with Crippen molar-refractivity contribution in [2.45, 2.75) is 83.8 Å². The van der Waals surface area contributed by atoms with Gasteiger partial charge in [-0.2, -0.15) is 4.79 Å². The van der Waals surface area contributed by atoms with Gasteiger partial charge in [0.1, 0.15) is 5.75 Å². The van der Waals surface area contributed by atoms with Crippen LogP contribution >= 0.6 is 0 Å². The van der Waals surface area contributed by atoms with Crippen molar-refractivity contribution in [1.82, 2.24) is 0 Å². The van der Waals surface area contributed by atoms with Crippen molar-refractivity contribution in [1.29, 1.82) is 0 Å². The first kappa shape index (κ1) is 23.6. The van der Waals surface area contributed by atoms with Crippen molar-refractivity contribution >= 4 is 14.0 Å². The summed E-state index contributed by atoms with van der Waals surface area (Å²) >= 11 is 0. The van der Waals surface area contributed by atoms with Crippen molar-refractivity contribution in [2.24, 2.45) is 0 Å². The largest absolute Gasteiger partial charge is 0.494 e. The Kier molecular flexibility index (Phi) is 12.0. The van der Waals surface area contributed by atoms with E-state index in [2.05, 4.69) is 17.9 Å². The maximum Gasteiger partial charge on any atom is 0.296 e. The van der Waals surface area contributed by atoms with Crippen LogP contribution in [0.5, 0.6) is 5.75 Å². The zero-order valence-electron chi connectivity index (χ0n) is 17.8. The Hall–Kier alpha value is -1.42. The number of rotatable bonds is 15. The third-order valence-electron chi connectivity index (χ3n) is 5.17. The molecule has 0 spiro atoms. The minimum atomic E-state index is -1.33. The van der Waals surface area contributed by atoms with Crippen molar-refractivity contribution in [3.63, 3.8) is 0 Å². The molecule has 0 fully saturated rings. The lowest BCUT2D eigenvalue weighted by Crippen LogP contribution is -2.27. The van der Waals surface area contributed by atoms with E-state index in [-0.39, 0.29) is 0 Å². The van der Waals surface area contributed by atoms with E-state index in [0.717, 1.165) is 24.3 Å². The molecule has 0 bridgehead atoms. The Labute approximate surface area is 167 Å². The van der Waals surface area contributed by atoms with Crippen LogP contribution < -0.4 is 4.74 Å². The normalized spacial score (nSPS) is 11.3. The molecule has 0 saturated heterocycles. The third-order valence-corrected chi connectivity index (χ3v) is 7.83. The van der Waals surface area contributed by atoms with Gasteiger partial charge in [0.05, 0.1) is 12.2 Å². The fourth-order valence-electron chi connectivity index (χ4n) is 3.03. The molecule has 0 saturated carbocycles. The Bertz CT molecular complexity index is 566. The molecule has 0 aliphatic rings. The summed E-state index contributed by atoms with van der Waals surface area (Å²) in [5, 5.41) is 0. The highest BCUT2D eigenvalue weighted by atomic mass is 28.4. The maximum atomic E-state index is 8.77. The molecule has 0 aliphatic heterocycles. The first-order valence-electron chi connectivity index (χ1n) is 10.5. The molecule has 0 N–H and O–H groups in total. The van der Waals surface area contributed by atoms with Crippen LogP contribution in [0.1, 0.15) is 70.3 Å². The van der Waals surface area contributed by atoms with Gasteiger partial charge in [0.15, 0.2) is 8.32 Å². The Morgan fingerprint density at radius 2 is 1.41 bits per heavy atom. The molecule has 0 unspecified atom stereocenters. The van der Waals surface area contributed by atoms with Crippen LogP contribution in [0.2, 0.25) is 19.1 Å². The molecule has 0 radical (unpaired) electrons. The molecule has 27 heavy (non-hydrogen) atoms. The predicted molar refractivity (Wildman–Crippen MR) is 116 cm³/mol. The standard InChI is InChI=1S/C22H38N2O2Si/c1-20(24-23)21-14-16-22(17-15-21)26-18-12-10-8-6-5-7-9-11-13-19-27(3,4)25-2/h14-17H,5-13,18-19H2,1-4H3. The third kappa shape index (κ3) is 11.1. The van der Waals surface area contributed by atoms with Gasteiger partial charge in [0, 0.05) is 14.0 Å². The van der Waals surface area contributed by atoms with Gasteiger partial charge in [-0.3, -0.25) is 0 Å². The number of hydrogen-bond donors (Lipinski definition) is 0. The second-order valence-electron chi connectivity index (χ2n) is 7.95. The van der Waals surface area contributed by atoms with E-state index >= 15 is 0 Å². The summed E-state index contributed by atoms with van der Waals surface area (Å²) in [5.74, 6) is 0.879. The lowest BCUT2D eigenvalue weighted by atomic mass is 10.1. The van der Waals surface area contributed by atoms with E-state index in [1.54, 1.807) is 6.92 Å². The first-order valence-corrected chi connectivity index (χ1v) is 13.6. The Balaban J connectivity index is 1.94. The van der Waals surface area contributed by atoms with E-state index in [4.69, 9.17) is 14.7 Å². The molecule has 5 heteroatoms. The molecule has 0 atom stereocenters. The van der Waals surface area contributed by atoms with Crippen molar-refractivity contribution in [2.75, 3.05) is 13.7 Å². The summed E-state index contributed by atoms with van der Waals surface area (Å²) in [7, 11) is 0.530. The van der Waals surface area contributed by atoms with Crippen LogP contribution in [-0.2, 0) is 4.43 Å². The molecule has 1 aromatic carbocycles. The van der Waals surface area contributed by atoms with Gasteiger partial charge in [-0.15, -0.1) is 0 Å². The quantitative estimate of drug-likeness (QED) is 0.113. The molecule has 0 aliphatic carbocycles. The van der Waals surface area contributed by atoms with E-state index in [1.807, 2.05) is 31.4 Å². The summed E-state index contributed by atoms with van der Waals surface area (Å²) in [6.45, 7) is 7.16. The van der Waals surface area contributed by atoms with E-state index in [9.17, 15) is 0 Å². The molecule has 4 nitrogen and oxygen atoms in total. The molecular formula is C22H38N2O2Si. The summed E-state index contributed by atoms with van der Waals surface area (Å²) < 4.78 is 11.4. The molecule has 1 rings (SSSR count). The molecule has 152 valence electrons. The number of ether oxygens (including phenoxy) is 1. The second-order valence-corrected chi connectivity index (χ2v) is 12.4. The Morgan fingerprint density at radius 3 is 1.93 bits per heavy atom. The van der Waals surface area contributed by atoms with Crippen molar-refractivity contribution < 1.29 is 14.0 Å². The summed E-state index contributed by atoms with van der Waals surface area (Å²) in [6, 6.07) is 8.99. The molecular weight excluding hydrogens is 352 g/mol. The lowest BCUT2D eigenvalue weighted by Gasteiger charge is -2.19. The second kappa shape index (κ2) is 13.7. The highest BCUT2D eigenvalue weighted by Gasteiger charge is 2.19. The van der Waals surface area contributed by atoms with Crippen LogP contribution in [0.25, 0.3) is 5.53 Å². The van der Waals surface area contributed by atoms with Crippen LogP contribution in [-0.4, -0.2) is 32.5 Å². The van der Waals surface area contributed by atoms with E-state index < -0.39 is 8.32 Å². The fourth-order valence-corrected chi connectivity index (χ4v) is 4.34. The predicted octanol–water partition coefficient (Wildman–Crippen LogP) is 6.47. The molecule has 1 aromatic rings. The topological polar surface area (TPSA) is 54.9 Å². The molecule has 0 amide bonds. The van der Waals surface area contributed by atoms with Gasteiger partial charge in [0.25, 0.3) is 5.71 Å². The average molecular weight is 391 g/mol. The highest BCUT2D eigenvalue weighted by Crippen LogP contribution is 2.17. The van der Waals surface area contributed by atoms with Crippen LogP contribution in [0.3, 0.4) is 0 Å². The van der Waals surface area contributed by atoms with E-state index in [0.29, 0.717) is 5.71 Å². The molecule has 0 aromatic heterocycles. The smallest absolute Gasteiger partial charge is 0.296 e. The number of benzene rings is 1. The van der Waals surface area contributed by atoms with Crippen molar-refractivity contribution in [3.05, 3.63) is 35.4 Å². The van der Waals surface area contributed by atoms with Gasteiger partial charge < -0.3 is 14.7 Å². The molecule has 0 heterocycles. The van der Waals surface area contributed by atoms with Gasteiger partial charge in [-0.1, -0.05) is 51.4 Å². The minimum absolute atomic E-state index is 0.613. The van der Waals surface area contributed by atoms with Crippen LogP contribution in [0.15, 0.2) is 24.3 Å². The average Bonchev–Trinajstić information content (AvgIpc) is 2.68. The van der Waals surface area contributed by atoms with E-state index in [1.165, 1.54) is 57.4 Å². The van der Waals surface area contributed by atoms with Crippen molar-refractivity contribution in [3.8, 4) is 5.75 Å². The highest BCUT2D eigenvalue weighted by molar-refractivity contribution is 6.71. The summed E-state index contributed by atoms with van der Waals surface area (Å²) in [4.78, 5) is 3.21. The number of nitrogens with zero attached hydrogens (tertiary/aromatic N) is 2.